The van der Waals surface area contributed by atoms with Gasteiger partial charge in [0.25, 0.3) is 5.91 Å². The Labute approximate surface area is 121 Å². The van der Waals surface area contributed by atoms with E-state index in [9.17, 15) is 4.79 Å². The molecule has 0 radical (unpaired) electrons. The number of nitrogens with one attached hydrogen (secondary N) is 2. The zero-order chi connectivity index (χ0) is 14.4. The third-order valence-electron chi connectivity index (χ3n) is 2.46. The van der Waals surface area contributed by atoms with Crippen LogP contribution in [0.4, 0.5) is 5.69 Å². The van der Waals surface area contributed by atoms with E-state index >= 15 is 0 Å². The Kier molecular flexibility index (Phi) is 4.79. The van der Waals surface area contributed by atoms with Gasteiger partial charge in [0.15, 0.2) is 0 Å². The van der Waals surface area contributed by atoms with Gasteiger partial charge in [-0.15, -0.1) is 0 Å². The summed E-state index contributed by atoms with van der Waals surface area (Å²) in [5, 5.41) is 7.29. The second kappa shape index (κ2) is 6.77. The number of carbonyl (C=O) groups excluding carboxylic acids is 1. The Bertz CT molecular complexity index is 622. The number of para-hydroxylation sites is 1. The van der Waals surface area contributed by atoms with E-state index in [4.69, 9.17) is 16.0 Å². The van der Waals surface area contributed by atoms with Crippen molar-refractivity contribution in [2.45, 2.75) is 6.92 Å². The van der Waals surface area contributed by atoms with E-state index in [2.05, 4.69) is 15.8 Å². The number of rotatable bonds is 5. The Morgan fingerprint density at radius 3 is 2.85 bits per heavy atom. The molecular formula is C14H14ClN3O2. The Morgan fingerprint density at radius 1 is 1.35 bits per heavy atom. The maximum absolute atomic E-state index is 11.6. The molecule has 0 aliphatic heterocycles. The van der Waals surface area contributed by atoms with Crippen LogP contribution in [0.3, 0.4) is 0 Å². The first-order valence-electron chi connectivity index (χ1n) is 6.02. The molecule has 0 atom stereocenters. The molecule has 0 saturated carbocycles. The van der Waals surface area contributed by atoms with Crippen molar-refractivity contribution < 1.29 is 9.21 Å². The van der Waals surface area contributed by atoms with Crippen molar-refractivity contribution in [3.8, 4) is 0 Å². The molecule has 6 heteroatoms. The summed E-state index contributed by atoms with van der Waals surface area (Å²) in [6.07, 6.45) is 1.44. The standard InChI is InChI=1S/C14H14ClN3O2/c1-10-6-7-11(20-10)8-17-18-14(19)9-16-13-5-3-2-4-12(13)15/h2-8,16H,9H2,1H3,(H,18,19). The van der Waals surface area contributed by atoms with Crippen LogP contribution in [0.1, 0.15) is 11.5 Å². The van der Waals surface area contributed by atoms with Crippen LogP contribution >= 0.6 is 11.6 Å². The number of hydrogen-bond acceptors (Lipinski definition) is 4. The maximum atomic E-state index is 11.6. The van der Waals surface area contributed by atoms with Crippen LogP contribution in [-0.4, -0.2) is 18.7 Å². The van der Waals surface area contributed by atoms with Gasteiger partial charge in [-0.3, -0.25) is 4.79 Å². The van der Waals surface area contributed by atoms with E-state index in [0.29, 0.717) is 16.5 Å². The summed E-state index contributed by atoms with van der Waals surface area (Å²) in [6, 6.07) is 10.8. The summed E-state index contributed by atoms with van der Waals surface area (Å²) >= 11 is 5.96. The minimum Gasteiger partial charge on any atom is -0.460 e. The topological polar surface area (TPSA) is 66.6 Å². The molecule has 2 rings (SSSR count). The second-order valence-corrected chi connectivity index (χ2v) is 4.48. The van der Waals surface area contributed by atoms with Crippen LogP contribution in [0, 0.1) is 6.92 Å². The van der Waals surface area contributed by atoms with Gasteiger partial charge in [-0.1, -0.05) is 23.7 Å². The van der Waals surface area contributed by atoms with Crippen LogP contribution in [-0.2, 0) is 4.79 Å². The number of aryl methyl sites for hydroxylation is 1. The Balaban J connectivity index is 1.78. The SMILES string of the molecule is Cc1ccc(C=NNC(=O)CNc2ccccc2Cl)o1. The molecular weight excluding hydrogens is 278 g/mol. The largest absolute Gasteiger partial charge is 0.460 e. The Morgan fingerprint density at radius 2 is 2.15 bits per heavy atom. The molecule has 0 bridgehead atoms. The normalized spacial score (nSPS) is 10.7. The minimum absolute atomic E-state index is 0.0816. The van der Waals surface area contributed by atoms with Crippen molar-refractivity contribution in [1.82, 2.24) is 5.43 Å². The van der Waals surface area contributed by atoms with Gasteiger partial charge in [-0.25, -0.2) is 5.43 Å². The number of furan rings is 1. The number of amides is 1. The van der Waals surface area contributed by atoms with Crippen molar-refractivity contribution in [3.05, 3.63) is 52.9 Å². The quantitative estimate of drug-likeness (QED) is 0.657. The van der Waals surface area contributed by atoms with Crippen molar-refractivity contribution in [3.63, 3.8) is 0 Å². The van der Waals surface area contributed by atoms with Gasteiger partial charge < -0.3 is 9.73 Å². The van der Waals surface area contributed by atoms with Gasteiger partial charge in [0.1, 0.15) is 11.5 Å². The molecule has 2 N–H and O–H groups in total. The third-order valence-corrected chi connectivity index (χ3v) is 2.79. The van der Waals surface area contributed by atoms with Crippen molar-refractivity contribution in [2.75, 3.05) is 11.9 Å². The molecule has 0 aliphatic carbocycles. The lowest BCUT2D eigenvalue weighted by Crippen LogP contribution is -2.25. The van der Waals surface area contributed by atoms with Crippen LogP contribution in [0.15, 0.2) is 45.9 Å². The fourth-order valence-electron chi connectivity index (χ4n) is 1.51. The van der Waals surface area contributed by atoms with Gasteiger partial charge in [0, 0.05) is 0 Å². The first-order valence-corrected chi connectivity index (χ1v) is 6.39. The van der Waals surface area contributed by atoms with Crippen LogP contribution in [0.5, 0.6) is 0 Å². The van der Waals surface area contributed by atoms with Crippen molar-refractivity contribution >= 4 is 29.4 Å². The fraction of sp³-hybridized carbons (Fsp3) is 0.143. The molecule has 0 saturated heterocycles. The highest BCUT2D eigenvalue weighted by Gasteiger charge is 2.02. The number of hydrazone groups is 1. The molecule has 2 aromatic rings. The smallest absolute Gasteiger partial charge is 0.259 e. The number of anilines is 1. The van der Waals surface area contributed by atoms with E-state index in [1.807, 2.05) is 25.1 Å². The number of nitrogens with zero attached hydrogens (tertiary/aromatic N) is 1. The molecule has 104 valence electrons. The molecule has 1 heterocycles. The molecule has 1 aromatic heterocycles. The third kappa shape index (κ3) is 4.13. The van der Waals surface area contributed by atoms with Gasteiger partial charge in [-0.05, 0) is 31.2 Å². The van der Waals surface area contributed by atoms with Gasteiger partial charge in [0.2, 0.25) is 0 Å². The summed E-state index contributed by atoms with van der Waals surface area (Å²) in [5.41, 5.74) is 3.10. The van der Waals surface area contributed by atoms with Crippen LogP contribution in [0.2, 0.25) is 5.02 Å². The molecule has 0 fully saturated rings. The van der Waals surface area contributed by atoms with Gasteiger partial charge >= 0.3 is 0 Å². The lowest BCUT2D eigenvalue weighted by Gasteiger charge is -2.06. The monoisotopic (exact) mass is 291 g/mol. The lowest BCUT2D eigenvalue weighted by molar-refractivity contribution is -0.119. The molecule has 20 heavy (non-hydrogen) atoms. The predicted octanol–water partition coefficient (Wildman–Crippen LogP) is 2.80. The zero-order valence-corrected chi connectivity index (χ0v) is 11.6. The van der Waals surface area contributed by atoms with Crippen molar-refractivity contribution in [2.24, 2.45) is 5.10 Å². The molecule has 0 spiro atoms. The number of halogens is 1. The highest BCUT2D eigenvalue weighted by Crippen LogP contribution is 2.19. The Hall–Kier alpha value is -2.27. The fourth-order valence-corrected chi connectivity index (χ4v) is 1.71. The number of hydrogen-bond donors (Lipinski definition) is 2. The second-order valence-electron chi connectivity index (χ2n) is 4.07. The minimum atomic E-state index is -0.274. The summed E-state index contributed by atoms with van der Waals surface area (Å²) in [4.78, 5) is 11.6. The van der Waals surface area contributed by atoms with E-state index in [1.54, 1.807) is 18.2 Å². The van der Waals surface area contributed by atoms with E-state index in [0.717, 1.165) is 5.76 Å². The van der Waals surface area contributed by atoms with Crippen LogP contribution in [0.25, 0.3) is 0 Å². The maximum Gasteiger partial charge on any atom is 0.259 e. The zero-order valence-electron chi connectivity index (χ0n) is 10.9. The highest BCUT2D eigenvalue weighted by molar-refractivity contribution is 6.33. The number of carbonyl (C=O) groups is 1. The van der Waals surface area contributed by atoms with Crippen molar-refractivity contribution in [1.29, 1.82) is 0 Å². The number of benzene rings is 1. The van der Waals surface area contributed by atoms with E-state index in [1.165, 1.54) is 6.21 Å². The summed E-state index contributed by atoms with van der Waals surface area (Å²) < 4.78 is 5.28. The lowest BCUT2D eigenvalue weighted by atomic mass is 10.3. The molecule has 1 aromatic carbocycles. The molecule has 0 unspecified atom stereocenters. The van der Waals surface area contributed by atoms with Crippen LogP contribution < -0.4 is 10.7 Å². The summed E-state index contributed by atoms with van der Waals surface area (Å²) in [7, 11) is 0. The van der Waals surface area contributed by atoms with Gasteiger partial charge in [0.05, 0.1) is 23.5 Å². The van der Waals surface area contributed by atoms with E-state index in [-0.39, 0.29) is 12.5 Å². The average Bonchev–Trinajstić information content (AvgIpc) is 2.83. The first-order chi connectivity index (χ1) is 9.65. The summed E-state index contributed by atoms with van der Waals surface area (Å²) in [6.45, 7) is 1.92. The van der Waals surface area contributed by atoms with Gasteiger partial charge in [-0.2, -0.15) is 5.10 Å². The molecule has 1 amide bonds. The summed E-state index contributed by atoms with van der Waals surface area (Å²) in [5.74, 6) is 1.10. The molecule has 0 aliphatic rings. The predicted molar refractivity (Wildman–Crippen MR) is 79.1 cm³/mol. The van der Waals surface area contributed by atoms with E-state index < -0.39 is 0 Å². The highest BCUT2D eigenvalue weighted by atomic mass is 35.5. The molecule has 5 nitrogen and oxygen atoms in total. The first kappa shape index (κ1) is 14.1. The average molecular weight is 292 g/mol.